The quantitative estimate of drug-likeness (QED) is 0.374. The number of thiophene rings is 1. The summed E-state index contributed by atoms with van der Waals surface area (Å²) in [6.45, 7) is 0. The summed E-state index contributed by atoms with van der Waals surface area (Å²) in [5.41, 5.74) is 0.367. The van der Waals surface area contributed by atoms with E-state index in [2.05, 4.69) is 20.6 Å². The fourth-order valence-corrected chi connectivity index (χ4v) is 9.52. The number of nitrogens with one attached hydrogen (secondary N) is 1. The van der Waals surface area contributed by atoms with Gasteiger partial charge in [-0.15, -0.1) is 21.5 Å². The maximum atomic E-state index is 13.7. The van der Waals surface area contributed by atoms with Gasteiger partial charge in [0, 0.05) is 41.2 Å². The molecule has 1 N–H and O–H groups in total. The number of hydrogen-bond acceptors (Lipinski definition) is 8. The van der Waals surface area contributed by atoms with Crippen molar-refractivity contribution in [2.24, 2.45) is 18.9 Å². The Morgan fingerprint density at radius 1 is 1.26 bits per heavy atom. The summed E-state index contributed by atoms with van der Waals surface area (Å²) in [4.78, 5) is 14.6. The van der Waals surface area contributed by atoms with Crippen LogP contribution in [0, 0.1) is 11.8 Å². The molecule has 1 atom stereocenters. The Morgan fingerprint density at radius 2 is 2.03 bits per heavy atom. The second-order valence-electron chi connectivity index (χ2n) is 10.9. The number of carbonyl (C=O) groups excluding carboxylic acids is 1. The van der Waals surface area contributed by atoms with Crippen LogP contribution in [0.25, 0.3) is 0 Å². The van der Waals surface area contributed by atoms with Gasteiger partial charge in [-0.05, 0) is 56.4 Å². The Bertz CT molecular complexity index is 1500. The number of halogens is 3. The van der Waals surface area contributed by atoms with Crippen molar-refractivity contribution in [3.63, 3.8) is 0 Å². The van der Waals surface area contributed by atoms with Crippen molar-refractivity contribution in [2.75, 3.05) is 11.1 Å². The van der Waals surface area contributed by atoms with Gasteiger partial charge in [0.05, 0.1) is 10.6 Å². The smallest absolute Gasteiger partial charge is 0.282 e. The van der Waals surface area contributed by atoms with Gasteiger partial charge in [-0.1, -0.05) is 0 Å². The number of fused-ring (bicyclic) bond motifs is 1. The lowest BCUT2D eigenvalue weighted by Gasteiger charge is -2.30. The Kier molecular flexibility index (Phi) is 6.81. The summed E-state index contributed by atoms with van der Waals surface area (Å²) in [5, 5.41) is 15.0. The summed E-state index contributed by atoms with van der Waals surface area (Å²) >= 11 is 1.42. The summed E-state index contributed by atoms with van der Waals surface area (Å²) in [5.74, 6) is 0.436. The van der Waals surface area contributed by atoms with Gasteiger partial charge in [-0.3, -0.25) is 14.0 Å². The van der Waals surface area contributed by atoms with Gasteiger partial charge in [-0.25, -0.2) is 21.6 Å². The molecule has 9 nitrogen and oxygen atoms in total. The molecule has 0 bridgehead atoms. The highest BCUT2D eigenvalue weighted by Gasteiger charge is 2.39. The molecular weight excluding hydrogens is 553 g/mol. The second-order valence-corrected chi connectivity index (χ2v) is 14.0. The fourth-order valence-electron chi connectivity index (χ4n) is 5.63. The van der Waals surface area contributed by atoms with Crippen LogP contribution in [-0.4, -0.2) is 50.7 Å². The zero-order valence-corrected chi connectivity index (χ0v) is 22.9. The molecule has 0 amide bonds. The minimum atomic E-state index is -3.73. The van der Waals surface area contributed by atoms with Gasteiger partial charge in [0.15, 0.2) is 9.84 Å². The SMILES string of the molecule is Cn1nc(C(F)F)cc1Nc1nncn1[C@H]1CCc2sc(CC(=O)C3CC3)c(S(=O)(=O)CC3CC(F)C3)c2C1. The molecule has 14 heteroatoms. The molecule has 0 unspecified atom stereocenters. The molecule has 6 rings (SSSR count). The molecule has 3 aromatic rings. The molecule has 3 aromatic heterocycles. The molecule has 2 fully saturated rings. The van der Waals surface area contributed by atoms with E-state index in [0.717, 1.165) is 23.3 Å². The molecule has 39 heavy (non-hydrogen) atoms. The molecule has 0 radical (unpaired) electrons. The number of Topliss-reactive ketones (excluding diaryl/α,β-unsaturated/α-hetero) is 1. The first-order valence-electron chi connectivity index (χ1n) is 13.1. The number of hydrogen-bond donors (Lipinski definition) is 1. The summed E-state index contributed by atoms with van der Waals surface area (Å²) < 4.78 is 70.2. The number of alkyl halides is 3. The van der Waals surface area contributed by atoms with Gasteiger partial charge < -0.3 is 5.32 Å². The lowest BCUT2D eigenvalue weighted by Crippen LogP contribution is -2.31. The molecule has 0 saturated heterocycles. The van der Waals surface area contributed by atoms with Crippen molar-refractivity contribution in [3.8, 4) is 0 Å². The van der Waals surface area contributed by atoms with E-state index in [-0.39, 0.29) is 59.3 Å². The van der Waals surface area contributed by atoms with Crippen LogP contribution in [0.1, 0.15) is 65.6 Å². The lowest BCUT2D eigenvalue weighted by atomic mass is 9.85. The molecule has 3 heterocycles. The third kappa shape index (κ3) is 5.24. The van der Waals surface area contributed by atoms with E-state index in [1.165, 1.54) is 28.4 Å². The Hall–Kier alpha value is -2.74. The first-order chi connectivity index (χ1) is 18.6. The van der Waals surface area contributed by atoms with Crippen LogP contribution >= 0.6 is 11.3 Å². The van der Waals surface area contributed by atoms with E-state index >= 15 is 0 Å². The fraction of sp³-hybridized carbons (Fsp3) is 0.600. The highest BCUT2D eigenvalue weighted by Crippen LogP contribution is 2.44. The standard InChI is InChI=1S/C25H29F3N6O3S2/c1-33-22(9-18(32-33)24(27)28)30-25-31-29-12-34(25)16-4-5-20-17(8-16)23(21(38-20)10-19(35)14-2-3-14)39(36,37)11-13-6-15(26)7-13/h9,12-16,24H,2-8,10-11H2,1H3,(H,30,31)/t13?,15?,16-/m0/s1. The molecule has 0 aromatic carbocycles. The number of aryl methyl sites for hydroxylation is 2. The summed E-state index contributed by atoms with van der Waals surface area (Å²) in [6, 6.07) is 1.06. The summed E-state index contributed by atoms with van der Waals surface area (Å²) in [7, 11) is -2.19. The number of carbonyl (C=O) groups is 1. The van der Waals surface area contributed by atoms with Crippen LogP contribution in [0.15, 0.2) is 17.3 Å². The number of anilines is 2. The Morgan fingerprint density at radius 3 is 2.69 bits per heavy atom. The number of nitrogens with zero attached hydrogens (tertiary/aromatic N) is 5. The maximum Gasteiger partial charge on any atom is 0.282 e. The third-order valence-electron chi connectivity index (χ3n) is 7.90. The van der Waals surface area contributed by atoms with Crippen LogP contribution in [0.4, 0.5) is 24.9 Å². The van der Waals surface area contributed by atoms with Crippen molar-refractivity contribution >= 4 is 38.7 Å². The first kappa shape index (κ1) is 26.5. The first-order valence-corrected chi connectivity index (χ1v) is 15.6. The van der Waals surface area contributed by atoms with Crippen LogP contribution in [-0.2, 0) is 40.9 Å². The lowest BCUT2D eigenvalue weighted by molar-refractivity contribution is -0.119. The number of aromatic nitrogens is 5. The number of rotatable bonds is 10. The molecule has 210 valence electrons. The molecule has 0 spiro atoms. The summed E-state index contributed by atoms with van der Waals surface area (Å²) in [6.07, 6.45) is 1.92. The monoisotopic (exact) mass is 582 g/mol. The van der Waals surface area contributed by atoms with Gasteiger partial charge in [0.25, 0.3) is 6.43 Å². The third-order valence-corrected chi connectivity index (χ3v) is 11.3. The maximum absolute atomic E-state index is 13.7. The normalized spacial score (nSPS) is 23.1. The number of ketones is 1. The highest BCUT2D eigenvalue weighted by atomic mass is 32.2. The Balaban J connectivity index is 1.30. The van der Waals surface area contributed by atoms with Gasteiger partial charge in [0.2, 0.25) is 5.95 Å². The Labute approximate surface area is 227 Å². The zero-order valence-electron chi connectivity index (χ0n) is 21.3. The van der Waals surface area contributed by atoms with Crippen molar-refractivity contribution < 1.29 is 26.4 Å². The van der Waals surface area contributed by atoms with Crippen LogP contribution in [0.2, 0.25) is 0 Å². The minimum absolute atomic E-state index is 0.0228. The van der Waals surface area contributed by atoms with Crippen molar-refractivity contribution in [2.45, 2.75) is 74.9 Å². The zero-order chi connectivity index (χ0) is 27.5. The van der Waals surface area contributed by atoms with Crippen LogP contribution in [0.3, 0.4) is 0 Å². The average Bonchev–Trinajstić information content (AvgIpc) is 3.34. The molecule has 3 aliphatic rings. The molecular formula is C25H29F3N6O3S2. The van der Waals surface area contributed by atoms with Crippen molar-refractivity contribution in [3.05, 3.63) is 33.4 Å². The number of sulfone groups is 1. The molecule has 0 aliphatic heterocycles. The van der Waals surface area contributed by atoms with E-state index in [1.54, 1.807) is 11.6 Å². The van der Waals surface area contributed by atoms with Gasteiger partial charge >= 0.3 is 0 Å². The van der Waals surface area contributed by atoms with Crippen LogP contribution < -0.4 is 5.32 Å². The van der Waals surface area contributed by atoms with Gasteiger partial charge in [-0.2, -0.15) is 5.10 Å². The van der Waals surface area contributed by atoms with Gasteiger partial charge in [0.1, 0.15) is 29.8 Å². The average molecular weight is 583 g/mol. The minimum Gasteiger partial charge on any atom is -0.309 e. The largest absolute Gasteiger partial charge is 0.309 e. The van der Waals surface area contributed by atoms with E-state index in [0.29, 0.717) is 35.9 Å². The second kappa shape index (κ2) is 10.0. The highest BCUT2D eigenvalue weighted by molar-refractivity contribution is 7.91. The molecule has 3 aliphatic carbocycles. The van der Waals surface area contributed by atoms with E-state index in [9.17, 15) is 26.4 Å². The topological polar surface area (TPSA) is 112 Å². The van der Waals surface area contributed by atoms with E-state index in [4.69, 9.17) is 0 Å². The van der Waals surface area contributed by atoms with E-state index in [1.807, 2.05) is 0 Å². The molecule has 2 saturated carbocycles. The van der Waals surface area contributed by atoms with Crippen molar-refractivity contribution in [1.82, 2.24) is 24.5 Å². The predicted octanol–water partition coefficient (Wildman–Crippen LogP) is 4.53. The predicted molar refractivity (Wildman–Crippen MR) is 138 cm³/mol. The van der Waals surface area contributed by atoms with Crippen molar-refractivity contribution in [1.29, 1.82) is 0 Å². The van der Waals surface area contributed by atoms with E-state index < -0.39 is 22.4 Å². The van der Waals surface area contributed by atoms with Crippen LogP contribution in [0.5, 0.6) is 0 Å².